The molecule has 0 aromatic heterocycles. The molecular weight excluding hydrogens is 264 g/mol. The summed E-state index contributed by atoms with van der Waals surface area (Å²) in [5.41, 5.74) is 6.89. The number of methoxy groups -OCH3 is 1. The molecule has 3 N–H and O–H groups in total. The molecule has 1 aromatic carbocycles. The highest BCUT2D eigenvalue weighted by Crippen LogP contribution is 2.22. The molecule has 0 spiro atoms. The summed E-state index contributed by atoms with van der Waals surface area (Å²) in [6, 6.07) is 5.12. The van der Waals surface area contributed by atoms with Gasteiger partial charge in [0.15, 0.2) is 0 Å². The lowest BCUT2D eigenvalue weighted by Gasteiger charge is -2.20. The third-order valence-corrected chi connectivity index (χ3v) is 3.42. The Morgan fingerprint density at radius 1 is 1.47 bits per heavy atom. The molecule has 0 aliphatic rings. The van der Waals surface area contributed by atoms with E-state index in [1.807, 2.05) is 0 Å². The van der Waals surface area contributed by atoms with Crippen molar-refractivity contribution in [2.24, 2.45) is 17.6 Å². The lowest BCUT2D eigenvalue weighted by atomic mass is 9.96. The average Bonchev–Trinajstić information content (AvgIpc) is 2.39. The Kier molecular flexibility index (Phi) is 6.12. The van der Waals surface area contributed by atoms with Gasteiger partial charge in [-0.3, -0.25) is 0 Å². The van der Waals surface area contributed by atoms with E-state index in [1.165, 1.54) is 7.11 Å². The molecule has 5 heteroatoms. The standard InChI is InChI=1S/C14H21ClN2O2/c1-9(2)10(7-16)8-17-13-5-4-11(15)6-12(13)14(18)19-3/h4-6,9-10,17H,7-8,16H2,1-3H3. The normalized spacial score (nSPS) is 12.3. The van der Waals surface area contributed by atoms with Crippen LogP contribution in [0.4, 0.5) is 5.69 Å². The van der Waals surface area contributed by atoms with Crippen LogP contribution in [0.25, 0.3) is 0 Å². The number of ether oxygens (including phenoxy) is 1. The van der Waals surface area contributed by atoms with Crippen molar-refractivity contribution in [1.29, 1.82) is 0 Å². The smallest absolute Gasteiger partial charge is 0.340 e. The SMILES string of the molecule is COC(=O)c1cc(Cl)ccc1NCC(CN)C(C)C. The molecule has 106 valence electrons. The summed E-state index contributed by atoms with van der Waals surface area (Å²) in [7, 11) is 1.35. The Hall–Kier alpha value is -1.26. The zero-order valence-corrected chi connectivity index (χ0v) is 12.3. The number of hydrogen-bond donors (Lipinski definition) is 2. The number of benzene rings is 1. The molecule has 0 amide bonds. The van der Waals surface area contributed by atoms with Gasteiger partial charge in [-0.25, -0.2) is 4.79 Å². The number of anilines is 1. The molecule has 1 aromatic rings. The van der Waals surface area contributed by atoms with Crippen molar-refractivity contribution in [2.75, 3.05) is 25.5 Å². The highest BCUT2D eigenvalue weighted by molar-refractivity contribution is 6.31. The molecule has 0 aliphatic carbocycles. The predicted molar refractivity (Wildman–Crippen MR) is 78.7 cm³/mol. The largest absolute Gasteiger partial charge is 0.465 e. The Morgan fingerprint density at radius 3 is 2.68 bits per heavy atom. The maximum Gasteiger partial charge on any atom is 0.340 e. The predicted octanol–water partition coefficient (Wildman–Crippen LogP) is 2.77. The van der Waals surface area contributed by atoms with Gasteiger partial charge in [0.2, 0.25) is 0 Å². The number of esters is 1. The van der Waals surface area contributed by atoms with Crippen molar-refractivity contribution in [1.82, 2.24) is 0 Å². The van der Waals surface area contributed by atoms with E-state index < -0.39 is 5.97 Å². The first-order valence-corrected chi connectivity index (χ1v) is 6.69. The van der Waals surface area contributed by atoms with E-state index in [0.29, 0.717) is 35.5 Å². The second kappa shape index (κ2) is 7.36. The Labute approximate surface area is 119 Å². The summed E-state index contributed by atoms with van der Waals surface area (Å²) in [6.45, 7) is 5.57. The molecule has 0 saturated heterocycles. The topological polar surface area (TPSA) is 64.3 Å². The number of nitrogens with one attached hydrogen (secondary N) is 1. The number of carbonyl (C=O) groups is 1. The van der Waals surface area contributed by atoms with Crippen molar-refractivity contribution in [3.63, 3.8) is 0 Å². The fraction of sp³-hybridized carbons (Fsp3) is 0.500. The summed E-state index contributed by atoms with van der Waals surface area (Å²) in [5, 5.41) is 3.75. The summed E-state index contributed by atoms with van der Waals surface area (Å²) >= 11 is 5.90. The number of hydrogen-bond acceptors (Lipinski definition) is 4. The first-order chi connectivity index (χ1) is 8.99. The Morgan fingerprint density at radius 2 is 2.16 bits per heavy atom. The van der Waals surface area contributed by atoms with E-state index in [-0.39, 0.29) is 0 Å². The van der Waals surface area contributed by atoms with Crippen LogP contribution in [0.1, 0.15) is 24.2 Å². The van der Waals surface area contributed by atoms with E-state index in [2.05, 4.69) is 19.2 Å². The van der Waals surface area contributed by atoms with Gasteiger partial charge >= 0.3 is 5.97 Å². The highest BCUT2D eigenvalue weighted by atomic mass is 35.5. The van der Waals surface area contributed by atoms with Gasteiger partial charge in [0.05, 0.1) is 12.7 Å². The molecule has 0 radical (unpaired) electrons. The molecule has 0 fully saturated rings. The van der Waals surface area contributed by atoms with Gasteiger partial charge in [0.25, 0.3) is 0 Å². The van der Waals surface area contributed by atoms with Crippen LogP contribution in [0.2, 0.25) is 5.02 Å². The molecule has 0 aliphatic heterocycles. The van der Waals surface area contributed by atoms with Crippen LogP contribution >= 0.6 is 11.6 Å². The van der Waals surface area contributed by atoms with Crippen molar-refractivity contribution in [3.05, 3.63) is 28.8 Å². The minimum absolute atomic E-state index is 0.348. The second-order valence-electron chi connectivity index (χ2n) is 4.80. The first kappa shape index (κ1) is 15.8. The molecule has 0 saturated carbocycles. The Bertz CT molecular complexity index is 435. The van der Waals surface area contributed by atoms with Gasteiger partial charge < -0.3 is 15.8 Å². The summed E-state index contributed by atoms with van der Waals surface area (Å²) in [4.78, 5) is 11.7. The maximum atomic E-state index is 11.7. The minimum atomic E-state index is -0.404. The Balaban J connectivity index is 2.85. The third kappa shape index (κ3) is 4.40. The van der Waals surface area contributed by atoms with Crippen LogP contribution < -0.4 is 11.1 Å². The van der Waals surface area contributed by atoms with E-state index >= 15 is 0 Å². The zero-order chi connectivity index (χ0) is 14.4. The van der Waals surface area contributed by atoms with Crippen molar-refractivity contribution >= 4 is 23.3 Å². The van der Waals surface area contributed by atoms with Crippen molar-refractivity contribution in [3.8, 4) is 0 Å². The highest BCUT2D eigenvalue weighted by Gasteiger charge is 2.15. The number of halogens is 1. The lowest BCUT2D eigenvalue weighted by Crippen LogP contribution is -2.27. The number of nitrogens with two attached hydrogens (primary N) is 1. The minimum Gasteiger partial charge on any atom is -0.465 e. The van der Waals surface area contributed by atoms with Crippen LogP contribution in [0.5, 0.6) is 0 Å². The van der Waals surface area contributed by atoms with Gasteiger partial charge in [-0.1, -0.05) is 25.4 Å². The monoisotopic (exact) mass is 284 g/mol. The summed E-state index contributed by atoms with van der Waals surface area (Å²) < 4.78 is 4.75. The van der Waals surface area contributed by atoms with E-state index in [4.69, 9.17) is 22.1 Å². The molecule has 1 atom stereocenters. The van der Waals surface area contributed by atoms with Gasteiger partial charge in [-0.15, -0.1) is 0 Å². The van der Waals surface area contributed by atoms with Crippen LogP contribution in [0.3, 0.4) is 0 Å². The van der Waals surface area contributed by atoms with Gasteiger partial charge in [0, 0.05) is 17.3 Å². The zero-order valence-electron chi connectivity index (χ0n) is 11.6. The van der Waals surface area contributed by atoms with Gasteiger partial charge in [-0.05, 0) is 36.6 Å². The van der Waals surface area contributed by atoms with Crippen LogP contribution in [0.15, 0.2) is 18.2 Å². The van der Waals surface area contributed by atoms with E-state index in [9.17, 15) is 4.79 Å². The number of carbonyl (C=O) groups excluding carboxylic acids is 1. The van der Waals surface area contributed by atoms with Crippen LogP contribution in [-0.2, 0) is 4.74 Å². The first-order valence-electron chi connectivity index (χ1n) is 6.31. The lowest BCUT2D eigenvalue weighted by molar-refractivity contribution is 0.0602. The third-order valence-electron chi connectivity index (χ3n) is 3.19. The maximum absolute atomic E-state index is 11.7. The van der Waals surface area contributed by atoms with Crippen LogP contribution in [0, 0.1) is 11.8 Å². The quantitative estimate of drug-likeness (QED) is 0.789. The van der Waals surface area contributed by atoms with Gasteiger partial charge in [-0.2, -0.15) is 0 Å². The van der Waals surface area contributed by atoms with Crippen molar-refractivity contribution < 1.29 is 9.53 Å². The number of rotatable bonds is 6. The fourth-order valence-electron chi connectivity index (χ4n) is 1.78. The average molecular weight is 285 g/mol. The summed E-state index contributed by atoms with van der Waals surface area (Å²) in [6.07, 6.45) is 0. The molecule has 4 nitrogen and oxygen atoms in total. The molecule has 1 unspecified atom stereocenters. The molecule has 19 heavy (non-hydrogen) atoms. The molecular formula is C14H21ClN2O2. The van der Waals surface area contributed by atoms with Crippen LogP contribution in [-0.4, -0.2) is 26.2 Å². The van der Waals surface area contributed by atoms with Crippen molar-refractivity contribution in [2.45, 2.75) is 13.8 Å². The van der Waals surface area contributed by atoms with E-state index in [0.717, 1.165) is 5.69 Å². The second-order valence-corrected chi connectivity index (χ2v) is 5.24. The van der Waals surface area contributed by atoms with E-state index in [1.54, 1.807) is 18.2 Å². The fourth-order valence-corrected chi connectivity index (χ4v) is 1.95. The molecule has 0 bridgehead atoms. The summed E-state index contributed by atoms with van der Waals surface area (Å²) in [5.74, 6) is 0.423. The molecule has 1 rings (SSSR count). The molecule has 0 heterocycles. The van der Waals surface area contributed by atoms with Gasteiger partial charge in [0.1, 0.15) is 0 Å².